The first-order valence-electron chi connectivity index (χ1n) is 6.95. The van der Waals surface area contributed by atoms with Crippen molar-refractivity contribution in [1.82, 2.24) is 15.3 Å². The second-order valence-electron chi connectivity index (χ2n) is 5.33. The molecule has 0 aliphatic heterocycles. The number of halogens is 2. The lowest BCUT2D eigenvalue weighted by Gasteiger charge is -2.11. The molecule has 1 aromatic carbocycles. The third kappa shape index (κ3) is 4.67. The maximum Gasteiger partial charge on any atom is 0.133 e. The van der Waals surface area contributed by atoms with E-state index in [0.29, 0.717) is 22.5 Å². The number of nitrogens with zero attached hydrogens (tertiary/aromatic N) is 2. The van der Waals surface area contributed by atoms with Gasteiger partial charge >= 0.3 is 0 Å². The number of hydrogen-bond donors (Lipinski definition) is 1. The number of rotatable bonds is 5. The Kier molecular flexibility index (Phi) is 5.57. The molecule has 0 saturated heterocycles. The van der Waals surface area contributed by atoms with Crippen molar-refractivity contribution in [3.63, 3.8) is 0 Å². The van der Waals surface area contributed by atoms with Crippen LogP contribution in [0.15, 0.2) is 24.3 Å². The van der Waals surface area contributed by atoms with Gasteiger partial charge in [0.25, 0.3) is 0 Å². The highest BCUT2D eigenvalue weighted by molar-refractivity contribution is 6.36. The maximum absolute atomic E-state index is 6.21. The summed E-state index contributed by atoms with van der Waals surface area (Å²) in [6.45, 7) is 6.92. The summed E-state index contributed by atoms with van der Waals surface area (Å²) in [5.41, 5.74) is 2.80. The van der Waals surface area contributed by atoms with E-state index in [4.69, 9.17) is 23.2 Å². The molecule has 2 rings (SSSR count). The Labute approximate surface area is 135 Å². The van der Waals surface area contributed by atoms with Crippen LogP contribution in [0.1, 0.15) is 36.6 Å². The van der Waals surface area contributed by atoms with E-state index in [9.17, 15) is 0 Å². The maximum atomic E-state index is 6.21. The monoisotopic (exact) mass is 323 g/mol. The molecule has 0 spiro atoms. The topological polar surface area (TPSA) is 37.8 Å². The summed E-state index contributed by atoms with van der Waals surface area (Å²) in [6, 6.07) is 7.91. The van der Waals surface area contributed by atoms with Crippen molar-refractivity contribution in [3.05, 3.63) is 57.1 Å². The minimum atomic E-state index is 0.418. The second-order valence-corrected chi connectivity index (χ2v) is 6.14. The van der Waals surface area contributed by atoms with Gasteiger partial charge < -0.3 is 5.32 Å². The SMILES string of the molecule is Cc1cc(CNC(C)C)nc(Cc2c(Cl)cccc2Cl)n1. The molecule has 2 aromatic rings. The normalized spacial score (nSPS) is 11.1. The minimum absolute atomic E-state index is 0.418. The zero-order chi connectivity index (χ0) is 15.4. The molecule has 0 aliphatic carbocycles. The Morgan fingerprint density at radius 3 is 2.43 bits per heavy atom. The zero-order valence-electron chi connectivity index (χ0n) is 12.5. The molecular formula is C16H19Cl2N3. The highest BCUT2D eigenvalue weighted by Gasteiger charge is 2.10. The fourth-order valence-corrected chi connectivity index (χ4v) is 2.57. The lowest BCUT2D eigenvalue weighted by Crippen LogP contribution is -2.23. The van der Waals surface area contributed by atoms with Crippen molar-refractivity contribution in [3.8, 4) is 0 Å². The van der Waals surface area contributed by atoms with E-state index in [1.807, 2.05) is 31.2 Å². The zero-order valence-corrected chi connectivity index (χ0v) is 14.0. The lowest BCUT2D eigenvalue weighted by molar-refractivity contribution is 0.578. The van der Waals surface area contributed by atoms with Gasteiger partial charge in [0.15, 0.2) is 0 Å². The predicted octanol–water partition coefficient (Wildman–Crippen LogP) is 4.18. The van der Waals surface area contributed by atoms with Crippen LogP contribution < -0.4 is 5.32 Å². The number of hydrogen-bond acceptors (Lipinski definition) is 3. The van der Waals surface area contributed by atoms with Crippen molar-refractivity contribution < 1.29 is 0 Å². The van der Waals surface area contributed by atoms with Crippen LogP contribution in [-0.4, -0.2) is 16.0 Å². The molecule has 0 amide bonds. The van der Waals surface area contributed by atoms with Crippen molar-refractivity contribution in [2.45, 2.75) is 39.8 Å². The van der Waals surface area contributed by atoms with E-state index in [1.165, 1.54) is 0 Å². The van der Waals surface area contributed by atoms with Crippen molar-refractivity contribution >= 4 is 23.2 Å². The third-order valence-corrected chi connectivity index (χ3v) is 3.75. The van der Waals surface area contributed by atoms with Crippen LogP contribution in [0.4, 0.5) is 0 Å². The van der Waals surface area contributed by atoms with Crippen molar-refractivity contribution in [1.29, 1.82) is 0 Å². The van der Waals surface area contributed by atoms with Crippen LogP contribution in [-0.2, 0) is 13.0 Å². The molecule has 0 bridgehead atoms. The van der Waals surface area contributed by atoms with Crippen LogP contribution in [0.2, 0.25) is 10.0 Å². The van der Waals surface area contributed by atoms with Crippen molar-refractivity contribution in [2.75, 3.05) is 0 Å². The molecule has 0 saturated carbocycles. The van der Waals surface area contributed by atoms with Gasteiger partial charge in [-0.2, -0.15) is 0 Å². The molecule has 0 radical (unpaired) electrons. The van der Waals surface area contributed by atoms with E-state index >= 15 is 0 Å². The van der Waals surface area contributed by atoms with Gasteiger partial charge in [-0.3, -0.25) is 0 Å². The van der Waals surface area contributed by atoms with E-state index in [0.717, 1.165) is 29.3 Å². The highest BCUT2D eigenvalue weighted by atomic mass is 35.5. The summed E-state index contributed by atoms with van der Waals surface area (Å²) in [5, 5.41) is 4.66. The molecule has 5 heteroatoms. The van der Waals surface area contributed by atoms with Crippen LogP contribution in [0.5, 0.6) is 0 Å². The Bertz CT molecular complexity index is 607. The summed E-state index contributed by atoms with van der Waals surface area (Å²) < 4.78 is 0. The Morgan fingerprint density at radius 1 is 1.14 bits per heavy atom. The summed E-state index contributed by atoms with van der Waals surface area (Å²) >= 11 is 12.4. The summed E-state index contributed by atoms with van der Waals surface area (Å²) in [4.78, 5) is 9.07. The average Bonchev–Trinajstić information content (AvgIpc) is 2.40. The molecule has 21 heavy (non-hydrogen) atoms. The number of benzene rings is 1. The Morgan fingerprint density at radius 2 is 1.81 bits per heavy atom. The summed E-state index contributed by atoms with van der Waals surface area (Å²) in [7, 11) is 0. The molecule has 0 atom stereocenters. The van der Waals surface area contributed by atoms with Gasteiger partial charge in [-0.1, -0.05) is 43.1 Å². The first kappa shape index (κ1) is 16.2. The van der Waals surface area contributed by atoms with Gasteiger partial charge in [-0.25, -0.2) is 9.97 Å². The largest absolute Gasteiger partial charge is 0.309 e. The Balaban J connectivity index is 2.24. The van der Waals surface area contributed by atoms with Crippen LogP contribution in [0, 0.1) is 6.92 Å². The van der Waals surface area contributed by atoms with Gasteiger partial charge in [-0.05, 0) is 30.7 Å². The van der Waals surface area contributed by atoms with Crippen LogP contribution in [0.3, 0.4) is 0 Å². The first-order chi connectivity index (χ1) is 9.95. The van der Waals surface area contributed by atoms with Gasteiger partial charge in [0.1, 0.15) is 5.82 Å². The molecule has 3 nitrogen and oxygen atoms in total. The Hall–Kier alpha value is -1.16. The minimum Gasteiger partial charge on any atom is -0.309 e. The number of nitrogens with one attached hydrogen (secondary N) is 1. The molecule has 0 unspecified atom stereocenters. The van der Waals surface area contributed by atoms with E-state index in [-0.39, 0.29) is 0 Å². The van der Waals surface area contributed by atoms with Gasteiger partial charge in [0, 0.05) is 34.7 Å². The quantitative estimate of drug-likeness (QED) is 0.896. The summed E-state index contributed by atoms with van der Waals surface area (Å²) in [6.07, 6.45) is 0.537. The highest BCUT2D eigenvalue weighted by Crippen LogP contribution is 2.26. The van der Waals surface area contributed by atoms with Gasteiger partial charge in [0.05, 0.1) is 5.69 Å². The second kappa shape index (κ2) is 7.21. The molecule has 0 fully saturated rings. The average molecular weight is 324 g/mol. The fourth-order valence-electron chi connectivity index (χ4n) is 2.04. The third-order valence-electron chi connectivity index (χ3n) is 3.04. The summed E-state index contributed by atoms with van der Waals surface area (Å²) in [5.74, 6) is 0.741. The number of aryl methyl sites for hydroxylation is 1. The van der Waals surface area contributed by atoms with Crippen LogP contribution >= 0.6 is 23.2 Å². The number of aromatic nitrogens is 2. The fraction of sp³-hybridized carbons (Fsp3) is 0.375. The van der Waals surface area contributed by atoms with Gasteiger partial charge in [0.2, 0.25) is 0 Å². The predicted molar refractivity (Wildman–Crippen MR) is 88.0 cm³/mol. The van der Waals surface area contributed by atoms with Crippen molar-refractivity contribution in [2.24, 2.45) is 0 Å². The van der Waals surface area contributed by atoms with Gasteiger partial charge in [-0.15, -0.1) is 0 Å². The molecule has 1 heterocycles. The van der Waals surface area contributed by atoms with Crippen LogP contribution in [0.25, 0.3) is 0 Å². The van der Waals surface area contributed by atoms with E-state index in [2.05, 4.69) is 29.1 Å². The first-order valence-corrected chi connectivity index (χ1v) is 7.71. The molecule has 1 aromatic heterocycles. The lowest BCUT2D eigenvalue weighted by atomic mass is 10.1. The van der Waals surface area contributed by atoms with E-state index < -0.39 is 0 Å². The van der Waals surface area contributed by atoms with E-state index in [1.54, 1.807) is 0 Å². The molecule has 0 aliphatic rings. The molecular weight excluding hydrogens is 305 g/mol. The molecule has 1 N–H and O–H groups in total. The molecule has 112 valence electrons. The standard InChI is InChI=1S/C16H19Cl2N3/c1-10(2)19-9-12-7-11(3)20-16(21-12)8-13-14(17)5-4-6-15(13)18/h4-7,10,19H,8-9H2,1-3H3. The smallest absolute Gasteiger partial charge is 0.133 e.